The average molecular weight is 142 g/mol. The van der Waals surface area contributed by atoms with Crippen molar-refractivity contribution >= 4 is 5.91 Å². The summed E-state index contributed by atoms with van der Waals surface area (Å²) in [4.78, 5) is 10.8. The lowest BCUT2D eigenvalue weighted by atomic mass is 9.97. The predicted octanol–water partition coefficient (Wildman–Crippen LogP) is -0.0108. The molecule has 0 aromatic rings. The highest BCUT2D eigenvalue weighted by Crippen LogP contribution is 2.31. The lowest BCUT2D eigenvalue weighted by molar-refractivity contribution is -0.123. The molecular formula is C7H14N2O. The number of hydrogen-bond acceptors (Lipinski definition) is 2. The summed E-state index contributed by atoms with van der Waals surface area (Å²) in [6.07, 6.45) is 2.53. The Bertz CT molecular complexity index is 158. The molecule has 1 amide bonds. The molecule has 1 saturated carbocycles. The molecule has 1 aliphatic carbocycles. The number of hydrogen-bond donors (Lipinski definition) is 2. The topological polar surface area (TPSA) is 69.1 Å². The molecule has 1 fully saturated rings. The first-order valence-electron chi connectivity index (χ1n) is 3.63. The average Bonchev–Trinajstić information content (AvgIpc) is 2.13. The highest BCUT2D eigenvalue weighted by Gasteiger charge is 2.38. The van der Waals surface area contributed by atoms with Gasteiger partial charge in [0.1, 0.15) is 0 Å². The van der Waals surface area contributed by atoms with Gasteiger partial charge in [0.15, 0.2) is 0 Å². The summed E-state index contributed by atoms with van der Waals surface area (Å²) >= 11 is 0. The minimum atomic E-state index is -0.695. The maximum Gasteiger partial charge on any atom is 0.237 e. The van der Waals surface area contributed by atoms with Crippen molar-refractivity contribution in [2.75, 3.05) is 0 Å². The van der Waals surface area contributed by atoms with Gasteiger partial charge in [0.25, 0.3) is 0 Å². The molecule has 1 rings (SSSR count). The molecule has 0 aromatic carbocycles. The van der Waals surface area contributed by atoms with E-state index in [4.69, 9.17) is 11.5 Å². The molecule has 3 heteroatoms. The van der Waals surface area contributed by atoms with E-state index in [1.807, 2.05) is 0 Å². The van der Waals surface area contributed by atoms with E-state index in [1.165, 1.54) is 0 Å². The van der Waals surface area contributed by atoms with Gasteiger partial charge in [0.05, 0.1) is 5.54 Å². The number of nitrogens with two attached hydrogens (primary N) is 2. The first-order chi connectivity index (χ1) is 4.54. The SMILES string of the molecule is CC1CCC(N)(C(N)=O)C1. The molecule has 4 N–H and O–H groups in total. The van der Waals surface area contributed by atoms with Crippen LogP contribution in [0.1, 0.15) is 26.2 Å². The van der Waals surface area contributed by atoms with Crippen molar-refractivity contribution in [3.8, 4) is 0 Å². The van der Waals surface area contributed by atoms with Crippen molar-refractivity contribution in [3.05, 3.63) is 0 Å². The highest BCUT2D eigenvalue weighted by molar-refractivity contribution is 5.84. The van der Waals surface area contributed by atoms with Gasteiger partial charge in [-0.15, -0.1) is 0 Å². The van der Waals surface area contributed by atoms with Gasteiger partial charge in [-0.3, -0.25) is 4.79 Å². The van der Waals surface area contributed by atoms with Crippen LogP contribution in [0, 0.1) is 5.92 Å². The van der Waals surface area contributed by atoms with Crippen LogP contribution in [0.15, 0.2) is 0 Å². The molecule has 58 valence electrons. The fourth-order valence-electron chi connectivity index (χ4n) is 1.55. The van der Waals surface area contributed by atoms with E-state index < -0.39 is 5.54 Å². The first kappa shape index (κ1) is 7.54. The van der Waals surface area contributed by atoms with E-state index >= 15 is 0 Å². The van der Waals surface area contributed by atoms with Gasteiger partial charge >= 0.3 is 0 Å². The Balaban J connectivity index is 2.63. The number of carbonyl (C=O) groups is 1. The minimum absolute atomic E-state index is 0.350. The third-order valence-electron chi connectivity index (χ3n) is 2.29. The maximum atomic E-state index is 10.8. The summed E-state index contributed by atoms with van der Waals surface area (Å²) in [5, 5.41) is 0. The quantitative estimate of drug-likeness (QED) is 0.540. The lowest BCUT2D eigenvalue weighted by Crippen LogP contribution is -2.49. The number of primary amides is 1. The minimum Gasteiger partial charge on any atom is -0.368 e. The smallest absolute Gasteiger partial charge is 0.237 e. The monoisotopic (exact) mass is 142 g/mol. The highest BCUT2D eigenvalue weighted by atomic mass is 16.1. The standard InChI is InChI=1S/C7H14N2O/c1-5-2-3-7(9,4-5)6(8)10/h5H,2-4,9H2,1H3,(H2,8,10). The Morgan fingerprint density at radius 3 is 2.50 bits per heavy atom. The molecule has 0 aromatic heterocycles. The largest absolute Gasteiger partial charge is 0.368 e. The molecule has 0 aliphatic heterocycles. The Labute approximate surface area is 60.8 Å². The number of rotatable bonds is 1. The molecule has 3 nitrogen and oxygen atoms in total. The summed E-state index contributed by atoms with van der Waals surface area (Å²) in [6, 6.07) is 0. The molecule has 0 bridgehead atoms. The molecule has 2 unspecified atom stereocenters. The second-order valence-corrected chi connectivity index (χ2v) is 3.37. The van der Waals surface area contributed by atoms with Gasteiger partial charge in [0.2, 0.25) is 5.91 Å². The summed E-state index contributed by atoms with van der Waals surface area (Å²) in [5.41, 5.74) is 10.2. The fourth-order valence-corrected chi connectivity index (χ4v) is 1.55. The Morgan fingerprint density at radius 2 is 2.30 bits per heavy atom. The zero-order valence-electron chi connectivity index (χ0n) is 6.26. The van der Waals surface area contributed by atoms with Crippen molar-refractivity contribution in [1.29, 1.82) is 0 Å². The van der Waals surface area contributed by atoms with Crippen molar-refractivity contribution in [2.24, 2.45) is 17.4 Å². The number of carbonyl (C=O) groups excluding carboxylic acids is 1. The van der Waals surface area contributed by atoms with Gasteiger partial charge in [-0.05, 0) is 25.2 Å². The van der Waals surface area contributed by atoms with Crippen LogP contribution in [0.4, 0.5) is 0 Å². The van der Waals surface area contributed by atoms with Crippen LogP contribution in [0.5, 0.6) is 0 Å². The Hall–Kier alpha value is -0.570. The van der Waals surface area contributed by atoms with E-state index in [-0.39, 0.29) is 5.91 Å². The predicted molar refractivity (Wildman–Crippen MR) is 39.1 cm³/mol. The Morgan fingerprint density at radius 1 is 1.70 bits per heavy atom. The maximum absolute atomic E-state index is 10.8. The van der Waals surface area contributed by atoms with Gasteiger partial charge in [-0.25, -0.2) is 0 Å². The molecule has 0 saturated heterocycles. The fraction of sp³-hybridized carbons (Fsp3) is 0.857. The third-order valence-corrected chi connectivity index (χ3v) is 2.29. The summed E-state index contributed by atoms with van der Waals surface area (Å²) in [7, 11) is 0. The van der Waals surface area contributed by atoms with E-state index in [0.717, 1.165) is 19.3 Å². The van der Waals surface area contributed by atoms with Crippen molar-refractivity contribution in [3.63, 3.8) is 0 Å². The van der Waals surface area contributed by atoms with Gasteiger partial charge < -0.3 is 11.5 Å². The van der Waals surface area contributed by atoms with E-state index in [1.54, 1.807) is 0 Å². The Kier molecular flexibility index (Phi) is 1.68. The zero-order chi connectivity index (χ0) is 7.78. The summed E-state index contributed by atoms with van der Waals surface area (Å²) < 4.78 is 0. The molecule has 0 spiro atoms. The molecular weight excluding hydrogens is 128 g/mol. The molecule has 10 heavy (non-hydrogen) atoms. The third kappa shape index (κ3) is 1.14. The van der Waals surface area contributed by atoms with E-state index in [2.05, 4.69) is 6.92 Å². The zero-order valence-corrected chi connectivity index (χ0v) is 6.26. The summed E-state index contributed by atoms with van der Waals surface area (Å²) in [6.45, 7) is 2.09. The normalized spacial score (nSPS) is 40.0. The molecule has 2 atom stereocenters. The van der Waals surface area contributed by atoms with Crippen molar-refractivity contribution in [2.45, 2.75) is 31.7 Å². The van der Waals surface area contributed by atoms with Gasteiger partial charge in [-0.2, -0.15) is 0 Å². The van der Waals surface area contributed by atoms with Crippen LogP contribution in [0.3, 0.4) is 0 Å². The van der Waals surface area contributed by atoms with Gasteiger partial charge in [0, 0.05) is 0 Å². The van der Waals surface area contributed by atoms with Crippen LogP contribution in [0.25, 0.3) is 0 Å². The van der Waals surface area contributed by atoms with Crippen LogP contribution >= 0.6 is 0 Å². The van der Waals surface area contributed by atoms with Crippen LogP contribution < -0.4 is 11.5 Å². The van der Waals surface area contributed by atoms with E-state index in [0.29, 0.717) is 5.92 Å². The van der Waals surface area contributed by atoms with Gasteiger partial charge in [-0.1, -0.05) is 6.92 Å². The molecule has 0 heterocycles. The molecule has 0 radical (unpaired) electrons. The van der Waals surface area contributed by atoms with Crippen LogP contribution in [-0.4, -0.2) is 11.4 Å². The summed E-state index contributed by atoms with van der Waals surface area (Å²) in [5.74, 6) is 0.203. The second kappa shape index (κ2) is 2.23. The second-order valence-electron chi connectivity index (χ2n) is 3.37. The van der Waals surface area contributed by atoms with Crippen molar-refractivity contribution in [1.82, 2.24) is 0 Å². The van der Waals surface area contributed by atoms with Crippen LogP contribution in [-0.2, 0) is 4.79 Å². The molecule has 1 aliphatic rings. The first-order valence-corrected chi connectivity index (χ1v) is 3.63. The van der Waals surface area contributed by atoms with Crippen LogP contribution in [0.2, 0.25) is 0 Å². The number of amides is 1. The van der Waals surface area contributed by atoms with Crippen molar-refractivity contribution < 1.29 is 4.79 Å². The lowest BCUT2D eigenvalue weighted by Gasteiger charge is -2.18. The van der Waals surface area contributed by atoms with E-state index in [9.17, 15) is 4.79 Å².